The third kappa shape index (κ3) is 3.00. The van der Waals surface area contributed by atoms with Crippen molar-refractivity contribution in [1.82, 2.24) is 10.3 Å². The Morgan fingerprint density at radius 2 is 2.31 bits per heavy atom. The van der Waals surface area contributed by atoms with E-state index in [9.17, 15) is 8.78 Å². The Bertz CT molecular complexity index is 267. The number of nitrogens with zero attached hydrogens (tertiary/aromatic N) is 1. The zero-order valence-corrected chi connectivity index (χ0v) is 8.42. The average molecular weight is 206 g/mol. The molecule has 0 atom stereocenters. The molecule has 1 N–H and O–H groups in total. The SMILES string of the molecule is CNCCc1nc(C(C)(F)F)cs1. The molecule has 0 unspecified atom stereocenters. The van der Waals surface area contributed by atoms with Gasteiger partial charge in [0.05, 0.1) is 5.01 Å². The molecule has 0 amide bonds. The second-order valence-corrected chi connectivity index (χ2v) is 3.81. The third-order valence-electron chi connectivity index (χ3n) is 1.59. The number of halogens is 2. The molecule has 0 saturated heterocycles. The number of aromatic nitrogens is 1. The van der Waals surface area contributed by atoms with Crippen LogP contribution in [0.3, 0.4) is 0 Å². The minimum Gasteiger partial charge on any atom is -0.319 e. The number of likely N-dealkylation sites (N-methyl/N-ethyl adjacent to an activating group) is 1. The van der Waals surface area contributed by atoms with Gasteiger partial charge in [0.2, 0.25) is 0 Å². The van der Waals surface area contributed by atoms with Crippen molar-refractivity contribution in [3.05, 3.63) is 16.1 Å². The first kappa shape index (κ1) is 10.5. The monoisotopic (exact) mass is 206 g/mol. The maximum absolute atomic E-state index is 12.7. The molecule has 0 aliphatic carbocycles. The van der Waals surface area contributed by atoms with E-state index in [0.29, 0.717) is 6.42 Å². The van der Waals surface area contributed by atoms with Crippen LogP contribution in [0.4, 0.5) is 8.78 Å². The molecule has 0 aliphatic rings. The highest BCUT2D eigenvalue weighted by molar-refractivity contribution is 7.09. The van der Waals surface area contributed by atoms with Crippen LogP contribution in [0, 0.1) is 0 Å². The molecule has 13 heavy (non-hydrogen) atoms. The molecule has 0 radical (unpaired) electrons. The summed E-state index contributed by atoms with van der Waals surface area (Å²) in [6, 6.07) is 0. The van der Waals surface area contributed by atoms with Gasteiger partial charge < -0.3 is 5.32 Å². The van der Waals surface area contributed by atoms with Crippen LogP contribution in [0.5, 0.6) is 0 Å². The van der Waals surface area contributed by atoms with Crippen molar-refractivity contribution in [2.24, 2.45) is 0 Å². The maximum Gasteiger partial charge on any atom is 0.287 e. The van der Waals surface area contributed by atoms with E-state index < -0.39 is 5.92 Å². The van der Waals surface area contributed by atoms with Gasteiger partial charge in [-0.1, -0.05) is 0 Å². The Kier molecular flexibility index (Phi) is 3.33. The Labute approximate surface area is 80.0 Å². The zero-order valence-electron chi connectivity index (χ0n) is 7.60. The van der Waals surface area contributed by atoms with Gasteiger partial charge in [0.25, 0.3) is 5.92 Å². The first-order chi connectivity index (χ1) is 6.04. The number of nitrogens with one attached hydrogen (secondary N) is 1. The van der Waals surface area contributed by atoms with Crippen molar-refractivity contribution in [1.29, 1.82) is 0 Å². The Morgan fingerprint density at radius 3 is 2.77 bits per heavy atom. The highest BCUT2D eigenvalue weighted by Crippen LogP contribution is 2.27. The standard InChI is InChI=1S/C8H12F2N2S/c1-8(9,10)6-5-13-7(12-6)3-4-11-2/h5,11H,3-4H2,1-2H3. The predicted octanol–water partition coefficient (Wildman–Crippen LogP) is 2.02. The molecule has 1 aromatic heterocycles. The summed E-state index contributed by atoms with van der Waals surface area (Å²) < 4.78 is 25.4. The summed E-state index contributed by atoms with van der Waals surface area (Å²) in [7, 11) is 1.82. The Morgan fingerprint density at radius 1 is 1.62 bits per heavy atom. The lowest BCUT2D eigenvalue weighted by atomic mass is 10.3. The molecule has 74 valence electrons. The van der Waals surface area contributed by atoms with Crippen LogP contribution in [0.25, 0.3) is 0 Å². The van der Waals surface area contributed by atoms with Gasteiger partial charge >= 0.3 is 0 Å². The molecular weight excluding hydrogens is 194 g/mol. The summed E-state index contributed by atoms with van der Waals surface area (Å²) in [5.74, 6) is -2.81. The van der Waals surface area contributed by atoms with Gasteiger partial charge in [0.1, 0.15) is 5.69 Å². The summed E-state index contributed by atoms with van der Waals surface area (Å²) in [4.78, 5) is 3.85. The minimum atomic E-state index is -2.81. The van der Waals surface area contributed by atoms with Gasteiger partial charge in [-0.05, 0) is 7.05 Å². The molecule has 1 aromatic rings. The largest absolute Gasteiger partial charge is 0.319 e. The van der Waals surface area contributed by atoms with Crippen LogP contribution in [-0.2, 0) is 12.3 Å². The molecule has 0 aromatic carbocycles. The first-order valence-electron chi connectivity index (χ1n) is 4.01. The van der Waals surface area contributed by atoms with E-state index in [2.05, 4.69) is 10.3 Å². The maximum atomic E-state index is 12.7. The highest BCUT2D eigenvalue weighted by Gasteiger charge is 2.27. The fraction of sp³-hybridized carbons (Fsp3) is 0.625. The summed E-state index contributed by atoms with van der Waals surface area (Å²) in [6.45, 7) is 1.63. The molecule has 0 spiro atoms. The number of hydrogen-bond donors (Lipinski definition) is 1. The average Bonchev–Trinajstić information content (AvgIpc) is 2.47. The van der Waals surface area contributed by atoms with E-state index in [4.69, 9.17) is 0 Å². The number of thiazole rings is 1. The van der Waals surface area contributed by atoms with Crippen molar-refractivity contribution in [3.8, 4) is 0 Å². The van der Waals surface area contributed by atoms with Gasteiger partial charge in [-0.25, -0.2) is 4.98 Å². The van der Waals surface area contributed by atoms with E-state index >= 15 is 0 Å². The lowest BCUT2D eigenvalue weighted by Gasteiger charge is -2.04. The second-order valence-electron chi connectivity index (χ2n) is 2.87. The van der Waals surface area contributed by atoms with E-state index in [1.807, 2.05) is 7.05 Å². The van der Waals surface area contributed by atoms with Crippen LogP contribution in [0.1, 0.15) is 17.6 Å². The summed E-state index contributed by atoms with van der Waals surface area (Å²) in [6.07, 6.45) is 0.706. The van der Waals surface area contributed by atoms with E-state index in [1.165, 1.54) is 16.7 Å². The summed E-state index contributed by atoms with van der Waals surface area (Å²) in [5, 5.41) is 5.12. The smallest absolute Gasteiger partial charge is 0.287 e. The van der Waals surface area contributed by atoms with Crippen molar-refractivity contribution < 1.29 is 8.78 Å². The minimum absolute atomic E-state index is 0.122. The predicted molar refractivity (Wildman–Crippen MR) is 49.3 cm³/mol. The van der Waals surface area contributed by atoms with Gasteiger partial charge in [-0.2, -0.15) is 8.78 Å². The van der Waals surface area contributed by atoms with E-state index in [1.54, 1.807) is 0 Å². The summed E-state index contributed by atoms with van der Waals surface area (Å²) in [5.41, 5.74) is -0.122. The molecule has 1 rings (SSSR count). The molecule has 1 heterocycles. The quantitative estimate of drug-likeness (QED) is 0.815. The molecule has 5 heteroatoms. The molecular formula is C8H12F2N2S. The van der Waals surface area contributed by atoms with Gasteiger partial charge in [0, 0.05) is 25.3 Å². The van der Waals surface area contributed by atoms with E-state index in [0.717, 1.165) is 18.5 Å². The lowest BCUT2D eigenvalue weighted by Crippen LogP contribution is -2.11. The topological polar surface area (TPSA) is 24.9 Å². The van der Waals surface area contributed by atoms with Gasteiger partial charge in [0.15, 0.2) is 0 Å². The van der Waals surface area contributed by atoms with E-state index in [-0.39, 0.29) is 5.69 Å². The fourth-order valence-corrected chi connectivity index (χ4v) is 1.74. The Balaban J connectivity index is 2.64. The van der Waals surface area contributed by atoms with Crippen LogP contribution < -0.4 is 5.32 Å². The Hall–Kier alpha value is -0.550. The number of alkyl halides is 2. The van der Waals surface area contributed by atoms with Crippen LogP contribution in [-0.4, -0.2) is 18.6 Å². The first-order valence-corrected chi connectivity index (χ1v) is 4.89. The van der Waals surface area contributed by atoms with Gasteiger partial charge in [-0.15, -0.1) is 11.3 Å². The van der Waals surface area contributed by atoms with Crippen molar-refractivity contribution in [2.45, 2.75) is 19.3 Å². The molecule has 0 saturated carbocycles. The lowest BCUT2D eigenvalue weighted by molar-refractivity contribution is 0.0133. The number of hydrogen-bond acceptors (Lipinski definition) is 3. The third-order valence-corrected chi connectivity index (χ3v) is 2.50. The van der Waals surface area contributed by atoms with Crippen LogP contribution >= 0.6 is 11.3 Å². The highest BCUT2D eigenvalue weighted by atomic mass is 32.1. The van der Waals surface area contributed by atoms with Crippen LogP contribution in [0.15, 0.2) is 5.38 Å². The fourth-order valence-electron chi connectivity index (χ4n) is 0.859. The zero-order chi connectivity index (χ0) is 9.90. The molecule has 0 bridgehead atoms. The van der Waals surface area contributed by atoms with Crippen molar-refractivity contribution in [2.75, 3.05) is 13.6 Å². The second kappa shape index (κ2) is 4.11. The molecule has 0 fully saturated rings. The van der Waals surface area contributed by atoms with Crippen LogP contribution in [0.2, 0.25) is 0 Å². The van der Waals surface area contributed by atoms with Crippen molar-refractivity contribution >= 4 is 11.3 Å². The van der Waals surface area contributed by atoms with Gasteiger partial charge in [-0.3, -0.25) is 0 Å². The summed E-state index contributed by atoms with van der Waals surface area (Å²) >= 11 is 1.29. The van der Waals surface area contributed by atoms with Crippen molar-refractivity contribution in [3.63, 3.8) is 0 Å². The number of rotatable bonds is 4. The molecule has 0 aliphatic heterocycles. The normalized spacial score (nSPS) is 12.0. The molecule has 2 nitrogen and oxygen atoms in total.